The zero-order valence-corrected chi connectivity index (χ0v) is 44.8. The van der Waals surface area contributed by atoms with Gasteiger partial charge in [-0.2, -0.15) is 5.26 Å². The molecule has 386 valence electrons. The molecule has 0 aliphatic carbocycles. The highest BCUT2D eigenvalue weighted by atomic mass is 15.0. The van der Waals surface area contributed by atoms with Crippen LogP contribution in [0.5, 0.6) is 0 Å². The molecule has 16 rings (SSSR count). The van der Waals surface area contributed by atoms with Gasteiger partial charge in [-0.25, -0.2) is 15.0 Å². The Morgan fingerprint density at radius 3 is 1.06 bits per heavy atom. The number of nitrogens with zero attached hydrogens (tertiary/aromatic N) is 7. The molecule has 16 aromatic rings. The van der Waals surface area contributed by atoms with Gasteiger partial charge in [-0.3, -0.25) is 0 Å². The minimum absolute atomic E-state index is 0.554. The standard InChI is InChI=1S/C76H47N7/c77-48-49-37-39-50(40-38-49)53-41-42-72-66(45-53)63-31-11-16-36-71(63)83(72)73-64(54-23-17-25-57(43-54)81-67-32-12-7-27-59(67)60-28-8-13-33-68(60)81)46-56(76-79-74(51-19-3-1-4-20-51)78-75(80-76)52-21-5-2-6-22-52)47-65(73)55-24-18-26-58(44-55)82-69-34-14-9-29-61(69)62-30-10-15-35-70(62)82/h1-47H. The maximum absolute atomic E-state index is 9.71. The summed E-state index contributed by atoms with van der Waals surface area (Å²) >= 11 is 0. The Labute approximate surface area is 478 Å². The van der Waals surface area contributed by atoms with Gasteiger partial charge in [0.05, 0.1) is 50.4 Å². The molecular formula is C76H47N7. The fraction of sp³-hybridized carbons (Fsp3) is 0. The second-order valence-corrected chi connectivity index (χ2v) is 21.1. The molecule has 0 saturated heterocycles. The molecule has 4 heterocycles. The fourth-order valence-electron chi connectivity index (χ4n) is 12.5. The summed E-state index contributed by atoms with van der Waals surface area (Å²) in [6.45, 7) is 0. The van der Waals surface area contributed by atoms with Crippen LogP contribution in [0.3, 0.4) is 0 Å². The zero-order chi connectivity index (χ0) is 55.0. The molecule has 0 amide bonds. The van der Waals surface area contributed by atoms with Gasteiger partial charge in [0.25, 0.3) is 0 Å². The highest BCUT2D eigenvalue weighted by molar-refractivity contribution is 6.13. The monoisotopic (exact) mass is 1060 g/mol. The van der Waals surface area contributed by atoms with E-state index in [2.05, 4.69) is 244 Å². The molecule has 0 radical (unpaired) electrons. The summed E-state index contributed by atoms with van der Waals surface area (Å²) in [5.41, 5.74) is 19.1. The Kier molecular flexibility index (Phi) is 11.1. The third kappa shape index (κ3) is 7.92. The van der Waals surface area contributed by atoms with Crippen LogP contribution < -0.4 is 0 Å². The van der Waals surface area contributed by atoms with E-state index in [-0.39, 0.29) is 0 Å². The Morgan fingerprint density at radius 2 is 0.614 bits per heavy atom. The number of rotatable bonds is 9. The first-order valence-corrected chi connectivity index (χ1v) is 27.9. The molecule has 4 aromatic heterocycles. The summed E-state index contributed by atoms with van der Waals surface area (Å²) in [5.74, 6) is 1.73. The van der Waals surface area contributed by atoms with Crippen molar-refractivity contribution in [2.75, 3.05) is 0 Å². The van der Waals surface area contributed by atoms with Gasteiger partial charge < -0.3 is 13.7 Å². The van der Waals surface area contributed by atoms with Crippen molar-refractivity contribution in [2.45, 2.75) is 0 Å². The van der Waals surface area contributed by atoms with Crippen LogP contribution >= 0.6 is 0 Å². The molecule has 12 aromatic carbocycles. The average Bonchev–Trinajstić information content (AvgIpc) is 3.62. The molecule has 83 heavy (non-hydrogen) atoms. The van der Waals surface area contributed by atoms with Crippen molar-refractivity contribution in [3.8, 4) is 90.7 Å². The first-order valence-electron chi connectivity index (χ1n) is 27.9. The predicted octanol–water partition coefficient (Wildman–Crippen LogP) is 19.0. The predicted molar refractivity (Wildman–Crippen MR) is 340 cm³/mol. The van der Waals surface area contributed by atoms with Crippen LogP contribution in [0.15, 0.2) is 285 Å². The zero-order valence-electron chi connectivity index (χ0n) is 44.8. The van der Waals surface area contributed by atoms with E-state index in [1.807, 2.05) is 60.7 Å². The van der Waals surface area contributed by atoms with Crippen molar-refractivity contribution in [3.63, 3.8) is 0 Å². The number of nitriles is 1. The Hall–Kier alpha value is -11.5. The molecule has 0 spiro atoms. The number of fused-ring (bicyclic) bond motifs is 9. The topological polar surface area (TPSA) is 77.2 Å². The maximum atomic E-state index is 9.71. The van der Waals surface area contributed by atoms with Crippen molar-refractivity contribution in [1.29, 1.82) is 5.26 Å². The van der Waals surface area contributed by atoms with E-state index in [9.17, 15) is 5.26 Å². The lowest BCUT2D eigenvalue weighted by Gasteiger charge is -2.22. The lowest BCUT2D eigenvalue weighted by molar-refractivity contribution is 1.07. The average molecular weight is 1060 g/mol. The van der Waals surface area contributed by atoms with Gasteiger partial charge in [0.2, 0.25) is 0 Å². The Bertz CT molecular complexity index is 4930. The van der Waals surface area contributed by atoms with Crippen molar-refractivity contribution in [2.24, 2.45) is 0 Å². The second kappa shape index (κ2) is 19.4. The van der Waals surface area contributed by atoms with E-state index in [0.717, 1.165) is 111 Å². The summed E-state index contributed by atoms with van der Waals surface area (Å²) < 4.78 is 7.26. The van der Waals surface area contributed by atoms with Crippen LogP contribution in [-0.2, 0) is 0 Å². The van der Waals surface area contributed by atoms with Gasteiger partial charge in [0.1, 0.15) is 0 Å². The molecule has 0 aliphatic heterocycles. The highest BCUT2D eigenvalue weighted by Crippen LogP contribution is 2.46. The summed E-state index contributed by atoms with van der Waals surface area (Å²) in [6, 6.07) is 103. The van der Waals surface area contributed by atoms with E-state index in [4.69, 9.17) is 15.0 Å². The second-order valence-electron chi connectivity index (χ2n) is 21.1. The first-order chi connectivity index (χ1) is 41.1. The summed E-state index contributed by atoms with van der Waals surface area (Å²) in [7, 11) is 0. The molecule has 0 bridgehead atoms. The summed E-state index contributed by atoms with van der Waals surface area (Å²) in [6.07, 6.45) is 0. The molecule has 0 atom stereocenters. The van der Waals surface area contributed by atoms with Gasteiger partial charge in [0, 0.05) is 71.5 Å². The van der Waals surface area contributed by atoms with E-state index < -0.39 is 0 Å². The highest BCUT2D eigenvalue weighted by Gasteiger charge is 2.25. The van der Waals surface area contributed by atoms with E-state index in [0.29, 0.717) is 23.0 Å². The Balaban J connectivity index is 1.03. The van der Waals surface area contributed by atoms with E-state index in [1.54, 1.807) is 0 Å². The van der Waals surface area contributed by atoms with Crippen molar-refractivity contribution < 1.29 is 0 Å². The third-order valence-corrected chi connectivity index (χ3v) is 16.3. The van der Waals surface area contributed by atoms with Gasteiger partial charge in [-0.05, 0) is 113 Å². The largest absolute Gasteiger partial charge is 0.309 e. The minimum atomic E-state index is 0.554. The maximum Gasteiger partial charge on any atom is 0.164 e. The van der Waals surface area contributed by atoms with E-state index in [1.165, 1.54) is 21.5 Å². The third-order valence-electron chi connectivity index (χ3n) is 16.3. The molecule has 0 aliphatic rings. The normalized spacial score (nSPS) is 11.6. The van der Waals surface area contributed by atoms with Crippen LogP contribution in [-0.4, -0.2) is 28.7 Å². The van der Waals surface area contributed by atoms with Crippen LogP contribution in [0.1, 0.15) is 5.56 Å². The fourth-order valence-corrected chi connectivity index (χ4v) is 12.5. The smallest absolute Gasteiger partial charge is 0.164 e. The van der Waals surface area contributed by atoms with Gasteiger partial charge in [-0.1, -0.05) is 194 Å². The van der Waals surface area contributed by atoms with Crippen LogP contribution in [0.2, 0.25) is 0 Å². The van der Waals surface area contributed by atoms with Crippen LogP contribution in [0.4, 0.5) is 0 Å². The van der Waals surface area contributed by atoms with Crippen LogP contribution in [0.25, 0.3) is 150 Å². The lowest BCUT2D eigenvalue weighted by Crippen LogP contribution is -2.05. The summed E-state index contributed by atoms with van der Waals surface area (Å²) in [4.78, 5) is 16.0. The molecule has 7 heteroatoms. The van der Waals surface area contributed by atoms with Gasteiger partial charge >= 0.3 is 0 Å². The minimum Gasteiger partial charge on any atom is -0.309 e. The number of aromatic nitrogens is 6. The number of para-hydroxylation sites is 5. The van der Waals surface area contributed by atoms with Gasteiger partial charge in [-0.15, -0.1) is 0 Å². The molecule has 7 nitrogen and oxygen atoms in total. The molecule has 0 fully saturated rings. The van der Waals surface area contributed by atoms with Crippen molar-refractivity contribution >= 4 is 65.4 Å². The summed E-state index contributed by atoms with van der Waals surface area (Å²) in [5, 5.41) is 16.7. The quantitative estimate of drug-likeness (QED) is 0.144. The van der Waals surface area contributed by atoms with Crippen molar-refractivity contribution in [1.82, 2.24) is 28.7 Å². The van der Waals surface area contributed by atoms with E-state index >= 15 is 0 Å². The van der Waals surface area contributed by atoms with Crippen LogP contribution in [0, 0.1) is 11.3 Å². The number of benzene rings is 12. The molecule has 0 unspecified atom stereocenters. The first kappa shape index (κ1) is 47.5. The molecule has 0 N–H and O–H groups in total. The molecule has 0 saturated carbocycles. The SMILES string of the molecule is N#Cc1ccc(-c2ccc3c(c2)c2ccccc2n3-c2c(-c3cccc(-n4c5ccccc5c5ccccc54)c3)cc(-c3nc(-c4ccccc4)nc(-c4ccccc4)n3)cc2-c2cccc(-n3c4ccccc4c4ccccc43)c2)cc1. The lowest BCUT2D eigenvalue weighted by atomic mass is 9.92. The number of hydrogen-bond donors (Lipinski definition) is 0. The van der Waals surface area contributed by atoms with Gasteiger partial charge in [0.15, 0.2) is 17.5 Å². The Morgan fingerprint density at radius 1 is 0.253 bits per heavy atom. The van der Waals surface area contributed by atoms with Crippen molar-refractivity contribution in [3.05, 3.63) is 291 Å². The molecular weight excluding hydrogens is 1010 g/mol. The number of hydrogen-bond acceptors (Lipinski definition) is 4.